The van der Waals surface area contributed by atoms with Gasteiger partial charge in [0.2, 0.25) is 5.91 Å². The molecule has 7 nitrogen and oxygen atoms in total. The van der Waals surface area contributed by atoms with Crippen molar-refractivity contribution >= 4 is 5.91 Å². The van der Waals surface area contributed by atoms with Gasteiger partial charge < -0.3 is 24.0 Å². The van der Waals surface area contributed by atoms with Crippen LogP contribution in [0.2, 0.25) is 0 Å². The van der Waals surface area contributed by atoms with Crippen molar-refractivity contribution in [1.82, 2.24) is 14.7 Å². The summed E-state index contributed by atoms with van der Waals surface area (Å²) >= 11 is 0. The fourth-order valence-electron chi connectivity index (χ4n) is 7.77. The zero-order valence-electron chi connectivity index (χ0n) is 28.4. The van der Waals surface area contributed by atoms with Gasteiger partial charge in [-0.05, 0) is 102 Å². The Bertz CT molecular complexity index is 1220. The smallest absolute Gasteiger partial charge is 0.227 e. The molecule has 0 bridgehead atoms. The van der Waals surface area contributed by atoms with E-state index < -0.39 is 0 Å². The van der Waals surface area contributed by atoms with E-state index in [1.165, 1.54) is 50.8 Å². The largest absolute Gasteiger partial charge is 0.491 e. The van der Waals surface area contributed by atoms with Crippen LogP contribution < -0.4 is 14.2 Å². The average molecular weight is 620 g/mol. The first kappa shape index (κ1) is 33.6. The molecule has 45 heavy (non-hydrogen) atoms. The summed E-state index contributed by atoms with van der Waals surface area (Å²) in [6, 6.07) is 15.3. The molecule has 1 atom stereocenters. The normalized spacial score (nSPS) is 22.0. The molecule has 2 aliphatic heterocycles. The lowest BCUT2D eigenvalue weighted by Crippen LogP contribution is -2.53. The summed E-state index contributed by atoms with van der Waals surface area (Å²) in [6.45, 7) is 16.5. The number of ether oxygens (including phenoxy) is 3. The minimum Gasteiger partial charge on any atom is -0.491 e. The van der Waals surface area contributed by atoms with Crippen molar-refractivity contribution in [3.8, 4) is 17.2 Å². The molecule has 0 unspecified atom stereocenters. The summed E-state index contributed by atoms with van der Waals surface area (Å²) in [7, 11) is 0. The lowest BCUT2D eigenvalue weighted by Gasteiger charge is -2.46. The minimum absolute atomic E-state index is 0.101. The second-order valence-electron chi connectivity index (χ2n) is 13.6. The Labute approximate surface area is 272 Å². The lowest BCUT2D eigenvalue weighted by molar-refractivity contribution is -0.132. The number of benzene rings is 2. The summed E-state index contributed by atoms with van der Waals surface area (Å²) < 4.78 is 17.9. The molecular weight excluding hydrogens is 562 g/mol. The maximum atomic E-state index is 13.8. The van der Waals surface area contributed by atoms with Gasteiger partial charge in [0.25, 0.3) is 0 Å². The first-order valence-corrected chi connectivity index (χ1v) is 17.8. The van der Waals surface area contributed by atoms with Gasteiger partial charge in [-0.1, -0.05) is 37.5 Å². The predicted octanol–water partition coefficient (Wildman–Crippen LogP) is 6.71. The third-order valence-electron chi connectivity index (χ3n) is 10.1. The third kappa shape index (κ3) is 8.94. The maximum Gasteiger partial charge on any atom is 0.227 e. The van der Waals surface area contributed by atoms with Crippen molar-refractivity contribution in [2.45, 2.75) is 103 Å². The zero-order valence-corrected chi connectivity index (χ0v) is 28.4. The Morgan fingerprint density at radius 3 is 2.38 bits per heavy atom. The van der Waals surface area contributed by atoms with Crippen LogP contribution >= 0.6 is 0 Å². The van der Waals surface area contributed by atoms with Gasteiger partial charge in [-0.15, -0.1) is 0 Å². The third-order valence-corrected chi connectivity index (χ3v) is 10.1. The molecule has 1 saturated carbocycles. The van der Waals surface area contributed by atoms with Gasteiger partial charge in [0, 0.05) is 50.7 Å². The Balaban J connectivity index is 1.32. The van der Waals surface area contributed by atoms with Gasteiger partial charge in [-0.2, -0.15) is 0 Å². The number of hydrogen-bond donors (Lipinski definition) is 0. The van der Waals surface area contributed by atoms with Gasteiger partial charge in [0.1, 0.15) is 5.75 Å². The van der Waals surface area contributed by atoms with Gasteiger partial charge in [0.05, 0.1) is 25.7 Å². The molecule has 0 radical (unpaired) electrons. The number of rotatable bonds is 13. The molecular formula is C38H57N3O4. The van der Waals surface area contributed by atoms with E-state index >= 15 is 0 Å². The zero-order chi connectivity index (χ0) is 31.6. The number of piperazine rings is 1. The summed E-state index contributed by atoms with van der Waals surface area (Å²) in [4.78, 5) is 21.4. The van der Waals surface area contributed by atoms with E-state index in [1.807, 2.05) is 52.0 Å². The Kier molecular flexibility index (Phi) is 12.1. The first-order chi connectivity index (χ1) is 21.9. The van der Waals surface area contributed by atoms with Crippen LogP contribution in [0.3, 0.4) is 0 Å². The van der Waals surface area contributed by atoms with Crippen molar-refractivity contribution in [2.24, 2.45) is 0 Å². The topological polar surface area (TPSA) is 54.5 Å². The number of piperidine rings is 1. The van der Waals surface area contributed by atoms with E-state index in [0.717, 1.165) is 80.8 Å². The second-order valence-corrected chi connectivity index (χ2v) is 13.6. The van der Waals surface area contributed by atoms with Crippen LogP contribution in [-0.4, -0.2) is 91.8 Å². The van der Waals surface area contributed by atoms with E-state index in [2.05, 4.69) is 32.9 Å². The Morgan fingerprint density at radius 1 is 0.889 bits per heavy atom. The van der Waals surface area contributed by atoms with Gasteiger partial charge >= 0.3 is 0 Å². The molecule has 248 valence electrons. The summed E-state index contributed by atoms with van der Waals surface area (Å²) in [5, 5.41) is 0. The van der Waals surface area contributed by atoms with Crippen LogP contribution in [0, 0.1) is 0 Å². The van der Waals surface area contributed by atoms with E-state index in [1.54, 1.807) is 0 Å². The number of carbonyl (C=O) groups excluding carboxylic acids is 1. The van der Waals surface area contributed by atoms with E-state index in [0.29, 0.717) is 19.6 Å². The van der Waals surface area contributed by atoms with Crippen LogP contribution in [0.1, 0.15) is 90.2 Å². The van der Waals surface area contributed by atoms with Crippen molar-refractivity contribution in [3.63, 3.8) is 0 Å². The number of amides is 1. The van der Waals surface area contributed by atoms with Crippen molar-refractivity contribution < 1.29 is 19.0 Å². The quantitative estimate of drug-likeness (QED) is 0.248. The van der Waals surface area contributed by atoms with Gasteiger partial charge in [-0.25, -0.2) is 0 Å². The van der Waals surface area contributed by atoms with E-state index in [-0.39, 0.29) is 17.4 Å². The van der Waals surface area contributed by atoms with Crippen molar-refractivity contribution in [2.75, 3.05) is 59.0 Å². The highest BCUT2D eigenvalue weighted by Crippen LogP contribution is 2.41. The molecule has 0 aromatic heterocycles. The van der Waals surface area contributed by atoms with Crippen LogP contribution in [-0.2, 0) is 16.6 Å². The summed E-state index contributed by atoms with van der Waals surface area (Å²) in [6.07, 6.45) is 10.5. The number of carbonyl (C=O) groups is 1. The fourth-order valence-corrected chi connectivity index (χ4v) is 7.77. The Morgan fingerprint density at radius 2 is 1.64 bits per heavy atom. The molecule has 7 heteroatoms. The van der Waals surface area contributed by atoms with Crippen molar-refractivity contribution in [1.29, 1.82) is 0 Å². The summed E-state index contributed by atoms with van der Waals surface area (Å²) in [5.74, 6) is 2.62. The van der Waals surface area contributed by atoms with Crippen LogP contribution in [0.15, 0.2) is 42.5 Å². The standard InChI is InChI=1S/C38H57N3O4/c1-5-43-35-17-16-32(28-36(35)44-6-2)38(19-21-39-22-24-40(25-23-39)33-13-8-7-9-14-33)18-11-20-41(29-38)37(42)27-31-12-10-15-34(26-31)45-30(3)4/h10,12,15-17,26,28,30,33H,5-9,11,13-14,18-25,27,29H2,1-4H3/t38-/m1/s1. The molecule has 5 rings (SSSR count). The van der Waals surface area contributed by atoms with Crippen LogP contribution in [0.5, 0.6) is 17.2 Å². The van der Waals surface area contributed by atoms with Crippen LogP contribution in [0.25, 0.3) is 0 Å². The maximum absolute atomic E-state index is 13.8. The number of hydrogen-bond acceptors (Lipinski definition) is 6. The van der Waals surface area contributed by atoms with Gasteiger partial charge in [0.15, 0.2) is 11.5 Å². The minimum atomic E-state index is -0.131. The van der Waals surface area contributed by atoms with E-state index in [4.69, 9.17) is 14.2 Å². The van der Waals surface area contributed by atoms with Crippen LogP contribution in [0.4, 0.5) is 0 Å². The second kappa shape index (κ2) is 16.2. The fraction of sp³-hybridized carbons (Fsp3) is 0.658. The monoisotopic (exact) mass is 619 g/mol. The molecule has 1 aliphatic carbocycles. The highest BCUT2D eigenvalue weighted by molar-refractivity contribution is 5.79. The lowest BCUT2D eigenvalue weighted by atomic mass is 9.71. The molecule has 2 aromatic rings. The molecule has 0 N–H and O–H groups in total. The molecule has 3 aliphatic rings. The summed E-state index contributed by atoms with van der Waals surface area (Å²) in [5.41, 5.74) is 2.14. The number of likely N-dealkylation sites (tertiary alicyclic amines) is 1. The van der Waals surface area contributed by atoms with E-state index in [9.17, 15) is 4.79 Å². The highest BCUT2D eigenvalue weighted by atomic mass is 16.5. The Hall–Kier alpha value is -2.77. The number of nitrogens with zero attached hydrogens (tertiary/aromatic N) is 3. The molecule has 2 heterocycles. The molecule has 2 saturated heterocycles. The SMILES string of the molecule is CCOc1ccc([C@@]2(CCN3CCN(C4CCCCC4)CC3)CCCN(C(=O)Cc3cccc(OC(C)C)c3)C2)cc1OCC. The molecule has 0 spiro atoms. The predicted molar refractivity (Wildman–Crippen MR) is 182 cm³/mol. The van der Waals surface area contributed by atoms with Gasteiger partial charge in [-0.3, -0.25) is 9.69 Å². The molecule has 1 amide bonds. The average Bonchev–Trinajstić information content (AvgIpc) is 3.05. The molecule has 3 fully saturated rings. The first-order valence-electron chi connectivity index (χ1n) is 17.8. The highest BCUT2D eigenvalue weighted by Gasteiger charge is 2.40. The molecule has 2 aromatic carbocycles. The van der Waals surface area contributed by atoms with Crippen molar-refractivity contribution in [3.05, 3.63) is 53.6 Å².